The third-order valence-corrected chi connectivity index (χ3v) is 5.69. The highest BCUT2D eigenvalue weighted by Gasteiger charge is 2.08. The van der Waals surface area contributed by atoms with Crippen LogP contribution in [0.3, 0.4) is 0 Å². The summed E-state index contributed by atoms with van der Waals surface area (Å²) in [4.78, 5) is 0. The van der Waals surface area contributed by atoms with Crippen molar-refractivity contribution in [2.24, 2.45) is 0 Å². The van der Waals surface area contributed by atoms with Crippen LogP contribution in [0, 0.1) is 0 Å². The molecule has 0 N–H and O–H groups in total. The second-order valence-electron chi connectivity index (χ2n) is 8.53. The molecule has 156 valence electrons. The lowest BCUT2D eigenvalue weighted by Crippen LogP contribution is -2.34. The maximum absolute atomic E-state index is 2.51. The fourth-order valence-electron chi connectivity index (χ4n) is 3.94. The first kappa shape index (κ1) is 24.2. The summed E-state index contributed by atoms with van der Waals surface area (Å²) in [6.07, 6.45) is 28.1. The highest BCUT2D eigenvalue weighted by molar-refractivity contribution is 5.15. The lowest BCUT2D eigenvalue weighted by molar-refractivity contribution is -0.698. The van der Waals surface area contributed by atoms with Gasteiger partial charge < -0.3 is 0 Å². The lowest BCUT2D eigenvalue weighted by atomic mass is 10.0. The molecule has 0 bridgehead atoms. The standard InChI is InChI=1S/C26H48N/c1-4-7-10-12-14-16-19-25-22-26(20-17-15-13-11-8-5-2)24-27(23-25)21-18-9-6-3/h22-24H,4-21H2,1-3H3/q+1. The van der Waals surface area contributed by atoms with Gasteiger partial charge in [-0.15, -0.1) is 0 Å². The first-order chi connectivity index (χ1) is 13.3. The normalized spacial score (nSPS) is 11.2. The van der Waals surface area contributed by atoms with E-state index in [2.05, 4.69) is 43.8 Å². The molecule has 0 atom stereocenters. The van der Waals surface area contributed by atoms with Crippen molar-refractivity contribution in [3.8, 4) is 0 Å². The smallest absolute Gasteiger partial charge is 0.171 e. The van der Waals surface area contributed by atoms with E-state index in [9.17, 15) is 0 Å². The van der Waals surface area contributed by atoms with Gasteiger partial charge in [-0.3, -0.25) is 0 Å². The summed E-state index contributed by atoms with van der Waals surface area (Å²) in [6.45, 7) is 8.09. The van der Waals surface area contributed by atoms with Gasteiger partial charge in [-0.25, -0.2) is 4.57 Å². The molecule has 27 heavy (non-hydrogen) atoms. The fraction of sp³-hybridized carbons (Fsp3) is 0.808. The second-order valence-corrected chi connectivity index (χ2v) is 8.53. The van der Waals surface area contributed by atoms with Crippen molar-refractivity contribution < 1.29 is 4.57 Å². The van der Waals surface area contributed by atoms with Crippen molar-refractivity contribution >= 4 is 0 Å². The summed E-state index contributed by atoms with van der Waals surface area (Å²) in [5.41, 5.74) is 3.15. The lowest BCUT2D eigenvalue weighted by Gasteiger charge is -2.07. The summed E-state index contributed by atoms with van der Waals surface area (Å²) >= 11 is 0. The average Bonchev–Trinajstić information content (AvgIpc) is 2.67. The number of nitrogens with zero attached hydrogens (tertiary/aromatic N) is 1. The molecule has 0 aliphatic heterocycles. The van der Waals surface area contributed by atoms with Crippen LogP contribution in [0.5, 0.6) is 0 Å². The molecule has 0 radical (unpaired) electrons. The van der Waals surface area contributed by atoms with Crippen LogP contribution in [0.15, 0.2) is 18.5 Å². The Morgan fingerprint density at radius 2 is 0.926 bits per heavy atom. The van der Waals surface area contributed by atoms with Gasteiger partial charge in [-0.1, -0.05) is 91.4 Å². The summed E-state index contributed by atoms with van der Waals surface area (Å²) < 4.78 is 2.49. The third kappa shape index (κ3) is 13.0. The molecule has 0 amide bonds. The molecule has 1 rings (SSSR count). The monoisotopic (exact) mass is 374 g/mol. The Morgan fingerprint density at radius 1 is 0.519 bits per heavy atom. The van der Waals surface area contributed by atoms with Crippen molar-refractivity contribution in [3.05, 3.63) is 29.6 Å². The Kier molecular flexibility index (Phi) is 15.5. The predicted octanol–water partition coefficient (Wildman–Crippen LogP) is 7.97. The number of unbranched alkanes of at least 4 members (excludes halogenated alkanes) is 12. The maximum Gasteiger partial charge on any atom is 0.171 e. The molecule has 1 aromatic heterocycles. The topological polar surface area (TPSA) is 3.88 Å². The van der Waals surface area contributed by atoms with Crippen molar-refractivity contribution in [3.63, 3.8) is 0 Å². The van der Waals surface area contributed by atoms with Crippen LogP contribution in [0.4, 0.5) is 0 Å². The van der Waals surface area contributed by atoms with Gasteiger partial charge in [0.1, 0.15) is 6.54 Å². The number of aromatic nitrogens is 1. The van der Waals surface area contributed by atoms with Crippen LogP contribution < -0.4 is 4.57 Å². The first-order valence-corrected chi connectivity index (χ1v) is 12.3. The fourth-order valence-corrected chi connectivity index (χ4v) is 3.94. The Labute approximate surface area is 171 Å². The van der Waals surface area contributed by atoms with Crippen molar-refractivity contribution in [2.75, 3.05) is 0 Å². The molecule has 0 fully saturated rings. The second kappa shape index (κ2) is 17.3. The van der Waals surface area contributed by atoms with Crippen LogP contribution in [0.2, 0.25) is 0 Å². The van der Waals surface area contributed by atoms with Gasteiger partial charge in [0, 0.05) is 17.5 Å². The number of rotatable bonds is 18. The van der Waals surface area contributed by atoms with Gasteiger partial charge in [-0.2, -0.15) is 0 Å². The Bertz CT molecular complexity index is 417. The van der Waals surface area contributed by atoms with E-state index in [0.29, 0.717) is 0 Å². The zero-order valence-electron chi connectivity index (χ0n) is 18.9. The Balaban J connectivity index is 2.48. The SMILES string of the molecule is CCCCCCCCc1cc(CCCCCCCC)c[n+](CCCCC)c1. The number of hydrogen-bond donors (Lipinski definition) is 0. The molecule has 0 aromatic carbocycles. The summed E-state index contributed by atoms with van der Waals surface area (Å²) in [5, 5.41) is 0. The molecule has 1 heteroatoms. The summed E-state index contributed by atoms with van der Waals surface area (Å²) in [5.74, 6) is 0. The van der Waals surface area contributed by atoms with E-state index in [1.165, 1.54) is 116 Å². The van der Waals surface area contributed by atoms with E-state index < -0.39 is 0 Å². The minimum absolute atomic E-state index is 1.20. The largest absolute Gasteiger partial charge is 0.205 e. The molecule has 1 aromatic rings. The minimum Gasteiger partial charge on any atom is -0.205 e. The van der Waals surface area contributed by atoms with Crippen LogP contribution in [0.1, 0.15) is 128 Å². The molecule has 1 nitrogen and oxygen atoms in total. The summed E-state index contributed by atoms with van der Waals surface area (Å²) in [7, 11) is 0. The van der Waals surface area contributed by atoms with Gasteiger partial charge >= 0.3 is 0 Å². The third-order valence-electron chi connectivity index (χ3n) is 5.69. The van der Waals surface area contributed by atoms with Crippen molar-refractivity contribution in [2.45, 2.75) is 136 Å². The van der Waals surface area contributed by atoms with Crippen molar-refractivity contribution in [1.29, 1.82) is 0 Å². The minimum atomic E-state index is 1.20. The zero-order valence-corrected chi connectivity index (χ0v) is 18.9. The molecule has 0 unspecified atom stereocenters. The number of pyridine rings is 1. The molecule has 0 aliphatic carbocycles. The molecule has 0 saturated carbocycles. The first-order valence-electron chi connectivity index (χ1n) is 12.3. The van der Waals surface area contributed by atoms with Crippen LogP contribution >= 0.6 is 0 Å². The number of aryl methyl sites for hydroxylation is 3. The Morgan fingerprint density at radius 3 is 1.41 bits per heavy atom. The van der Waals surface area contributed by atoms with Crippen molar-refractivity contribution in [1.82, 2.24) is 0 Å². The van der Waals surface area contributed by atoms with E-state index in [-0.39, 0.29) is 0 Å². The van der Waals surface area contributed by atoms with E-state index in [1.807, 2.05) is 0 Å². The van der Waals surface area contributed by atoms with E-state index in [0.717, 1.165) is 0 Å². The van der Waals surface area contributed by atoms with Crippen LogP contribution in [0.25, 0.3) is 0 Å². The average molecular weight is 375 g/mol. The zero-order chi connectivity index (χ0) is 19.6. The van der Waals surface area contributed by atoms with E-state index in [4.69, 9.17) is 0 Å². The van der Waals surface area contributed by atoms with E-state index in [1.54, 1.807) is 11.1 Å². The van der Waals surface area contributed by atoms with Gasteiger partial charge in [0.05, 0.1) is 0 Å². The predicted molar refractivity (Wildman–Crippen MR) is 120 cm³/mol. The highest BCUT2D eigenvalue weighted by Crippen LogP contribution is 2.13. The molecule has 0 spiro atoms. The number of hydrogen-bond acceptors (Lipinski definition) is 0. The molecular weight excluding hydrogens is 326 g/mol. The molecule has 0 aliphatic rings. The van der Waals surface area contributed by atoms with Crippen LogP contribution in [-0.2, 0) is 19.4 Å². The van der Waals surface area contributed by atoms with E-state index >= 15 is 0 Å². The van der Waals surface area contributed by atoms with Gasteiger partial charge in [-0.05, 0) is 38.2 Å². The molecular formula is C26H48N+. The van der Waals surface area contributed by atoms with Gasteiger partial charge in [0.2, 0.25) is 0 Å². The Hall–Kier alpha value is -0.850. The quantitative estimate of drug-likeness (QED) is 0.181. The maximum atomic E-state index is 2.51. The highest BCUT2D eigenvalue weighted by atomic mass is 14.9. The molecule has 1 heterocycles. The summed E-state index contributed by atoms with van der Waals surface area (Å²) in [6, 6.07) is 2.51. The van der Waals surface area contributed by atoms with Gasteiger partial charge in [0.15, 0.2) is 12.4 Å². The van der Waals surface area contributed by atoms with Gasteiger partial charge in [0.25, 0.3) is 0 Å². The van der Waals surface area contributed by atoms with Crippen LogP contribution in [-0.4, -0.2) is 0 Å². The molecule has 0 saturated heterocycles.